The van der Waals surface area contributed by atoms with Crippen molar-refractivity contribution in [3.8, 4) is 0 Å². The van der Waals surface area contributed by atoms with E-state index in [4.69, 9.17) is 9.47 Å². The van der Waals surface area contributed by atoms with Gasteiger partial charge in [-0.2, -0.15) is 0 Å². The summed E-state index contributed by atoms with van der Waals surface area (Å²) in [4.78, 5) is 26.3. The molecule has 0 aromatic carbocycles. The molecule has 6 heteroatoms. The van der Waals surface area contributed by atoms with Crippen LogP contribution in [0.4, 0.5) is 0 Å². The summed E-state index contributed by atoms with van der Waals surface area (Å²) in [7, 11) is 0. The fourth-order valence-electron chi connectivity index (χ4n) is 7.35. The van der Waals surface area contributed by atoms with Gasteiger partial charge in [-0.15, -0.1) is 0 Å². The van der Waals surface area contributed by atoms with E-state index in [1.807, 2.05) is 0 Å². The van der Waals surface area contributed by atoms with Crippen molar-refractivity contribution in [2.45, 2.75) is 58.0 Å². The fraction of sp³-hybridized carbons (Fsp3) is 0.800. The molecule has 142 valence electrons. The highest BCUT2D eigenvalue weighted by Crippen LogP contribution is 2.71. The van der Waals surface area contributed by atoms with E-state index >= 15 is 0 Å². The number of esters is 1. The molecule has 5 rings (SSSR count). The van der Waals surface area contributed by atoms with Crippen LogP contribution in [0.25, 0.3) is 0 Å². The average Bonchev–Trinajstić information content (AvgIpc) is 3.01. The molecular formula is C20H26O6. The van der Waals surface area contributed by atoms with E-state index in [1.165, 1.54) is 0 Å². The Morgan fingerprint density at radius 3 is 2.65 bits per heavy atom. The highest BCUT2D eigenvalue weighted by atomic mass is 16.6. The lowest BCUT2D eigenvalue weighted by Gasteiger charge is -2.62. The number of carbonyl (C=O) groups is 2. The summed E-state index contributed by atoms with van der Waals surface area (Å²) < 4.78 is 11.6. The maximum atomic E-state index is 13.2. The topological polar surface area (TPSA) is 93.1 Å². The normalized spacial score (nSPS) is 54.4. The summed E-state index contributed by atoms with van der Waals surface area (Å²) in [5.41, 5.74) is -1.91. The van der Waals surface area contributed by atoms with Crippen LogP contribution in [0.2, 0.25) is 0 Å². The van der Waals surface area contributed by atoms with Crippen molar-refractivity contribution >= 4 is 11.8 Å². The lowest BCUT2D eigenvalue weighted by Crippen LogP contribution is -2.70. The predicted octanol–water partition coefficient (Wildman–Crippen LogP) is 1.20. The second kappa shape index (κ2) is 4.78. The minimum absolute atomic E-state index is 0.170. The molecule has 5 fully saturated rings. The molecule has 3 aliphatic carbocycles. The first-order valence-electron chi connectivity index (χ1n) is 9.58. The van der Waals surface area contributed by atoms with E-state index in [0.717, 1.165) is 6.42 Å². The number of Topliss-reactive ketones (excluding diaryl/α,β-unsaturated/α-hetero) is 1. The number of fused-ring (bicyclic) bond motifs is 1. The quantitative estimate of drug-likeness (QED) is 0.382. The highest BCUT2D eigenvalue weighted by molar-refractivity contribution is 6.15. The van der Waals surface area contributed by atoms with Crippen molar-refractivity contribution in [1.82, 2.24) is 0 Å². The number of ketones is 1. The summed E-state index contributed by atoms with van der Waals surface area (Å²) in [6, 6.07) is 0. The van der Waals surface area contributed by atoms with Gasteiger partial charge >= 0.3 is 5.97 Å². The molecule has 2 bridgehead atoms. The van der Waals surface area contributed by atoms with Crippen LogP contribution in [0, 0.1) is 34.0 Å². The van der Waals surface area contributed by atoms with Crippen LogP contribution in [0.1, 0.15) is 39.5 Å². The molecule has 0 amide bonds. The number of carbonyl (C=O) groups excluding carboxylic acids is 2. The monoisotopic (exact) mass is 362 g/mol. The largest absolute Gasteiger partial charge is 0.461 e. The third-order valence-electron chi connectivity index (χ3n) is 8.25. The number of aliphatic hydroxyl groups is 2. The van der Waals surface area contributed by atoms with Gasteiger partial charge in [0.1, 0.15) is 11.5 Å². The van der Waals surface area contributed by atoms with Crippen molar-refractivity contribution < 1.29 is 29.3 Å². The number of ether oxygens (including phenoxy) is 2. The summed E-state index contributed by atoms with van der Waals surface area (Å²) >= 11 is 0. The van der Waals surface area contributed by atoms with Gasteiger partial charge in [-0.3, -0.25) is 9.59 Å². The van der Waals surface area contributed by atoms with Gasteiger partial charge in [0, 0.05) is 17.3 Å². The fourth-order valence-corrected chi connectivity index (χ4v) is 7.35. The van der Waals surface area contributed by atoms with Crippen LogP contribution in [0.3, 0.4) is 0 Å². The maximum Gasteiger partial charge on any atom is 0.320 e. The standard InChI is InChI=1S/C20H26O6/c1-9-10-6-11(21)13-19(7-10,15(9)22)17(24)26-12-4-5-18(2,3)14-16(23)25-8-20(12,13)14/h10-14,16,21,23H,1,4-8H2,2-3H3/t10?,11?,12?,13?,14?,16?,19-,20-/m0/s1. The van der Waals surface area contributed by atoms with Gasteiger partial charge < -0.3 is 19.7 Å². The number of hydrogen-bond acceptors (Lipinski definition) is 6. The summed E-state index contributed by atoms with van der Waals surface area (Å²) in [6.07, 6.45) is 0.0166. The first-order valence-corrected chi connectivity index (χ1v) is 9.58. The van der Waals surface area contributed by atoms with Gasteiger partial charge in [0.15, 0.2) is 12.1 Å². The number of rotatable bonds is 0. The van der Waals surface area contributed by atoms with E-state index in [1.54, 1.807) is 0 Å². The molecule has 2 aliphatic heterocycles. The number of allylic oxidation sites excluding steroid dienone is 1. The van der Waals surface area contributed by atoms with Crippen molar-refractivity contribution in [2.24, 2.45) is 34.0 Å². The van der Waals surface area contributed by atoms with Crippen LogP contribution < -0.4 is 0 Å². The van der Waals surface area contributed by atoms with Crippen molar-refractivity contribution in [1.29, 1.82) is 0 Å². The molecule has 2 heterocycles. The Kier molecular flexibility index (Phi) is 3.10. The van der Waals surface area contributed by atoms with Crippen LogP contribution in [-0.2, 0) is 19.1 Å². The second-order valence-electron chi connectivity index (χ2n) is 9.72. The molecule has 0 aromatic heterocycles. The Hall–Kier alpha value is -1.24. The zero-order valence-corrected chi connectivity index (χ0v) is 15.2. The van der Waals surface area contributed by atoms with Gasteiger partial charge in [0.05, 0.1) is 12.7 Å². The Balaban J connectivity index is 1.75. The molecule has 8 atom stereocenters. The van der Waals surface area contributed by atoms with Gasteiger partial charge in [-0.1, -0.05) is 20.4 Å². The molecule has 2 saturated heterocycles. The van der Waals surface area contributed by atoms with Crippen LogP contribution >= 0.6 is 0 Å². The lowest BCUT2D eigenvalue weighted by molar-refractivity contribution is -0.251. The minimum atomic E-state index is -1.37. The third-order valence-corrected chi connectivity index (χ3v) is 8.25. The molecule has 2 spiro atoms. The van der Waals surface area contributed by atoms with E-state index in [0.29, 0.717) is 24.8 Å². The number of aliphatic hydroxyl groups excluding tert-OH is 2. The number of hydrogen-bond donors (Lipinski definition) is 2. The smallest absolute Gasteiger partial charge is 0.320 e. The zero-order chi connectivity index (χ0) is 18.6. The average molecular weight is 362 g/mol. The Morgan fingerprint density at radius 2 is 1.92 bits per heavy atom. The Labute approximate surface area is 152 Å². The third kappa shape index (κ3) is 1.61. The minimum Gasteiger partial charge on any atom is -0.461 e. The summed E-state index contributed by atoms with van der Waals surface area (Å²) in [5.74, 6) is -1.84. The van der Waals surface area contributed by atoms with Gasteiger partial charge in [-0.25, -0.2) is 0 Å². The SMILES string of the molecule is C=C1C(=O)[C@]23CC1CC(O)C2[C@@]12COC(O)C1C(C)(C)CCC2OC3=O. The molecular weight excluding hydrogens is 336 g/mol. The van der Waals surface area contributed by atoms with E-state index in [2.05, 4.69) is 20.4 Å². The highest BCUT2D eigenvalue weighted by Gasteiger charge is 2.79. The van der Waals surface area contributed by atoms with Gasteiger partial charge in [0.2, 0.25) is 0 Å². The Bertz CT molecular complexity index is 728. The van der Waals surface area contributed by atoms with Crippen LogP contribution in [0.15, 0.2) is 12.2 Å². The summed E-state index contributed by atoms with van der Waals surface area (Å²) in [6.45, 7) is 8.29. The van der Waals surface area contributed by atoms with Crippen molar-refractivity contribution in [2.75, 3.05) is 6.61 Å². The summed E-state index contributed by atoms with van der Waals surface area (Å²) in [5, 5.41) is 21.8. The first-order chi connectivity index (χ1) is 12.2. The van der Waals surface area contributed by atoms with Crippen molar-refractivity contribution in [3.05, 3.63) is 12.2 Å². The first kappa shape index (κ1) is 16.9. The van der Waals surface area contributed by atoms with E-state index in [9.17, 15) is 19.8 Å². The van der Waals surface area contributed by atoms with Crippen LogP contribution in [0.5, 0.6) is 0 Å². The predicted molar refractivity (Wildman–Crippen MR) is 89.6 cm³/mol. The maximum absolute atomic E-state index is 13.2. The van der Waals surface area contributed by atoms with E-state index < -0.39 is 41.2 Å². The van der Waals surface area contributed by atoms with Crippen molar-refractivity contribution in [3.63, 3.8) is 0 Å². The molecule has 0 aromatic rings. The van der Waals surface area contributed by atoms with Crippen LogP contribution in [-0.4, -0.2) is 47.1 Å². The van der Waals surface area contributed by atoms with Gasteiger partial charge in [-0.05, 0) is 42.6 Å². The molecule has 26 heavy (non-hydrogen) atoms. The molecule has 6 unspecified atom stereocenters. The Morgan fingerprint density at radius 1 is 1.19 bits per heavy atom. The second-order valence-corrected chi connectivity index (χ2v) is 9.72. The molecule has 6 nitrogen and oxygen atoms in total. The molecule has 3 saturated carbocycles. The van der Waals surface area contributed by atoms with E-state index in [-0.39, 0.29) is 29.6 Å². The van der Waals surface area contributed by atoms with Gasteiger partial charge in [0.25, 0.3) is 0 Å². The lowest BCUT2D eigenvalue weighted by atomic mass is 9.43. The molecule has 5 aliphatic rings. The molecule has 2 N–H and O–H groups in total. The zero-order valence-electron chi connectivity index (χ0n) is 15.2. The molecule has 0 radical (unpaired) electrons.